The van der Waals surface area contributed by atoms with Crippen molar-refractivity contribution in [1.82, 2.24) is 9.97 Å². The fourth-order valence-electron chi connectivity index (χ4n) is 3.00. The Morgan fingerprint density at radius 3 is 2.92 bits per heavy atom. The van der Waals surface area contributed by atoms with Crippen molar-refractivity contribution in [3.05, 3.63) is 52.7 Å². The molecule has 1 aliphatic heterocycles. The van der Waals surface area contributed by atoms with Gasteiger partial charge in [-0.25, -0.2) is 14.4 Å². The molecule has 0 spiro atoms. The predicted octanol–water partition coefficient (Wildman–Crippen LogP) is 4.13. The number of hydrogen-bond donors (Lipinski definition) is 0. The summed E-state index contributed by atoms with van der Waals surface area (Å²) in [5, 5.41) is 2.91. The van der Waals surface area contributed by atoms with Crippen LogP contribution in [0.25, 0.3) is 16.5 Å². The van der Waals surface area contributed by atoms with E-state index in [1.807, 2.05) is 0 Å². The first-order valence-electron chi connectivity index (χ1n) is 7.72. The van der Waals surface area contributed by atoms with Crippen molar-refractivity contribution < 1.29 is 9.13 Å². The lowest BCUT2D eigenvalue weighted by Crippen LogP contribution is -2.29. The van der Waals surface area contributed by atoms with E-state index in [1.54, 1.807) is 17.4 Å². The van der Waals surface area contributed by atoms with Crippen LogP contribution in [0.2, 0.25) is 0 Å². The van der Waals surface area contributed by atoms with Gasteiger partial charge in [0.15, 0.2) is 11.6 Å². The van der Waals surface area contributed by atoms with Gasteiger partial charge in [0.05, 0.1) is 12.6 Å². The number of aromatic nitrogens is 2. The molecule has 0 atom stereocenters. The summed E-state index contributed by atoms with van der Waals surface area (Å²) >= 11 is 1.76. The number of halogens is 1. The molecule has 0 saturated carbocycles. The number of anilines is 1. The molecule has 4 nitrogen and oxygen atoms in total. The highest BCUT2D eigenvalue weighted by atomic mass is 32.1. The van der Waals surface area contributed by atoms with Gasteiger partial charge in [0.2, 0.25) is 0 Å². The molecule has 1 aromatic carbocycles. The molecule has 0 radical (unpaired) electrons. The van der Waals surface area contributed by atoms with E-state index in [2.05, 4.69) is 38.5 Å². The number of nitrogens with zero attached hydrogens (tertiary/aromatic N) is 3. The molecule has 122 valence electrons. The van der Waals surface area contributed by atoms with Crippen LogP contribution in [0.3, 0.4) is 0 Å². The minimum Gasteiger partial charge on any atom is -0.494 e. The molecule has 1 aliphatic rings. The van der Waals surface area contributed by atoms with E-state index in [1.165, 1.54) is 30.0 Å². The zero-order valence-electron chi connectivity index (χ0n) is 13.2. The number of ether oxygens (including phenoxy) is 1. The third kappa shape index (κ3) is 2.63. The van der Waals surface area contributed by atoms with Gasteiger partial charge < -0.3 is 9.64 Å². The summed E-state index contributed by atoms with van der Waals surface area (Å²) in [5.74, 6) is 0.623. The molecule has 2 aromatic heterocycles. The van der Waals surface area contributed by atoms with Crippen LogP contribution in [-0.2, 0) is 0 Å². The van der Waals surface area contributed by atoms with Gasteiger partial charge in [-0.3, -0.25) is 0 Å². The Morgan fingerprint density at radius 2 is 2.21 bits per heavy atom. The van der Waals surface area contributed by atoms with Crippen LogP contribution in [0.15, 0.2) is 42.0 Å². The normalized spacial score (nSPS) is 14.8. The number of fused-ring (bicyclic) bond motifs is 1. The van der Waals surface area contributed by atoms with Crippen molar-refractivity contribution in [2.45, 2.75) is 6.42 Å². The van der Waals surface area contributed by atoms with Crippen LogP contribution in [0.5, 0.6) is 5.75 Å². The smallest absolute Gasteiger partial charge is 0.167 e. The first-order valence-corrected chi connectivity index (χ1v) is 8.60. The molecule has 6 heteroatoms. The maximum Gasteiger partial charge on any atom is 0.167 e. The Labute approximate surface area is 143 Å². The van der Waals surface area contributed by atoms with Crippen LogP contribution in [-0.4, -0.2) is 30.2 Å². The maximum atomic E-state index is 13.9. The fraction of sp³-hybridized carbons (Fsp3) is 0.222. The molecule has 0 fully saturated rings. The molecule has 0 unspecified atom stereocenters. The fourth-order valence-corrected chi connectivity index (χ4v) is 3.80. The van der Waals surface area contributed by atoms with Crippen LogP contribution in [0.1, 0.15) is 11.3 Å². The zero-order chi connectivity index (χ0) is 16.5. The molecule has 0 N–H and O–H groups in total. The van der Waals surface area contributed by atoms with Crippen molar-refractivity contribution >= 4 is 33.6 Å². The molecule has 24 heavy (non-hydrogen) atoms. The SMILES string of the molecule is COc1cc2c(N3CC=C(c4cccs4)CC3)ncnc2cc1F. The Kier molecular flexibility index (Phi) is 3.90. The Balaban J connectivity index is 1.70. The van der Waals surface area contributed by atoms with Crippen molar-refractivity contribution in [2.75, 3.05) is 25.1 Å². The molecule has 4 rings (SSSR count). The van der Waals surface area contributed by atoms with E-state index < -0.39 is 5.82 Å². The van der Waals surface area contributed by atoms with Crippen molar-refractivity contribution in [3.8, 4) is 5.75 Å². The second-order valence-electron chi connectivity index (χ2n) is 5.60. The summed E-state index contributed by atoms with van der Waals surface area (Å²) in [6, 6.07) is 7.31. The lowest BCUT2D eigenvalue weighted by molar-refractivity contribution is 0.387. The highest BCUT2D eigenvalue weighted by Gasteiger charge is 2.18. The van der Waals surface area contributed by atoms with Crippen LogP contribution >= 0.6 is 11.3 Å². The summed E-state index contributed by atoms with van der Waals surface area (Å²) in [5.41, 5.74) is 1.97. The monoisotopic (exact) mass is 341 g/mol. The second-order valence-corrected chi connectivity index (χ2v) is 6.55. The predicted molar refractivity (Wildman–Crippen MR) is 95.2 cm³/mol. The molecule has 3 aromatic rings. The molecule has 0 aliphatic carbocycles. The van der Waals surface area contributed by atoms with E-state index in [9.17, 15) is 4.39 Å². The average Bonchev–Trinajstić information content (AvgIpc) is 3.15. The molecular weight excluding hydrogens is 325 g/mol. The van der Waals surface area contributed by atoms with Gasteiger partial charge in [0.25, 0.3) is 0 Å². The highest BCUT2D eigenvalue weighted by molar-refractivity contribution is 7.11. The lowest BCUT2D eigenvalue weighted by atomic mass is 10.1. The summed E-state index contributed by atoms with van der Waals surface area (Å²) in [6.45, 7) is 1.65. The number of thiophene rings is 1. The minimum absolute atomic E-state index is 0.213. The summed E-state index contributed by atoms with van der Waals surface area (Å²) in [4.78, 5) is 12.1. The summed E-state index contributed by atoms with van der Waals surface area (Å²) < 4.78 is 19.0. The van der Waals surface area contributed by atoms with E-state index in [0.717, 1.165) is 30.7 Å². The highest BCUT2D eigenvalue weighted by Crippen LogP contribution is 2.32. The quantitative estimate of drug-likeness (QED) is 0.718. The minimum atomic E-state index is -0.409. The largest absolute Gasteiger partial charge is 0.494 e. The van der Waals surface area contributed by atoms with Crippen molar-refractivity contribution in [1.29, 1.82) is 0 Å². The Hall–Kier alpha value is -2.47. The first kappa shape index (κ1) is 15.1. The van der Waals surface area contributed by atoms with E-state index in [4.69, 9.17) is 4.74 Å². The topological polar surface area (TPSA) is 38.2 Å². The van der Waals surface area contributed by atoms with Crippen LogP contribution in [0, 0.1) is 5.82 Å². The Morgan fingerprint density at radius 1 is 1.29 bits per heavy atom. The number of benzene rings is 1. The lowest BCUT2D eigenvalue weighted by Gasteiger charge is -2.28. The van der Waals surface area contributed by atoms with E-state index in [-0.39, 0.29) is 5.75 Å². The van der Waals surface area contributed by atoms with Gasteiger partial charge in [-0.1, -0.05) is 12.1 Å². The average molecular weight is 341 g/mol. The van der Waals surface area contributed by atoms with Gasteiger partial charge in [-0.15, -0.1) is 11.3 Å². The molecular formula is C18H16FN3OS. The van der Waals surface area contributed by atoms with Crippen LogP contribution < -0.4 is 9.64 Å². The third-order valence-corrected chi connectivity index (χ3v) is 5.18. The van der Waals surface area contributed by atoms with Crippen molar-refractivity contribution in [3.63, 3.8) is 0 Å². The van der Waals surface area contributed by atoms with Gasteiger partial charge in [-0.05, 0) is 29.5 Å². The van der Waals surface area contributed by atoms with Crippen molar-refractivity contribution in [2.24, 2.45) is 0 Å². The molecule has 0 bridgehead atoms. The summed E-state index contributed by atoms with van der Waals surface area (Å²) in [6.07, 6.45) is 4.69. The number of methoxy groups -OCH3 is 1. The first-order chi connectivity index (χ1) is 11.8. The second kappa shape index (κ2) is 6.20. The molecule has 3 heterocycles. The Bertz CT molecular complexity index is 908. The van der Waals surface area contributed by atoms with Crippen LogP contribution in [0.4, 0.5) is 10.2 Å². The third-order valence-electron chi connectivity index (χ3n) is 4.23. The maximum absolute atomic E-state index is 13.9. The standard InChI is InChI=1S/C18H16FN3OS/c1-23-16-9-13-15(10-14(16)19)20-11-21-18(13)22-6-4-12(5-7-22)17-3-2-8-24-17/h2-4,8-11H,5-7H2,1H3. The van der Waals surface area contributed by atoms with Gasteiger partial charge in [0.1, 0.15) is 12.1 Å². The number of rotatable bonds is 3. The van der Waals surface area contributed by atoms with Gasteiger partial charge >= 0.3 is 0 Å². The van der Waals surface area contributed by atoms with E-state index in [0.29, 0.717) is 5.52 Å². The van der Waals surface area contributed by atoms with Gasteiger partial charge in [0, 0.05) is 29.4 Å². The van der Waals surface area contributed by atoms with Gasteiger partial charge in [-0.2, -0.15) is 0 Å². The van der Waals surface area contributed by atoms with E-state index >= 15 is 0 Å². The number of hydrogen-bond acceptors (Lipinski definition) is 5. The molecule has 0 saturated heterocycles. The molecule has 0 amide bonds. The summed E-state index contributed by atoms with van der Waals surface area (Å²) in [7, 11) is 1.46. The zero-order valence-corrected chi connectivity index (χ0v) is 14.0.